The third-order valence-corrected chi connectivity index (χ3v) is 8.10. The summed E-state index contributed by atoms with van der Waals surface area (Å²) in [6.07, 6.45) is 5.72. The minimum absolute atomic E-state index is 0.0324. The second-order valence-electron chi connectivity index (χ2n) is 10.7. The van der Waals surface area contributed by atoms with Crippen molar-refractivity contribution in [2.75, 3.05) is 19.1 Å². The quantitative estimate of drug-likeness (QED) is 0.503. The molecule has 2 aromatic heterocycles. The smallest absolute Gasteiger partial charge is 0.377 e. The van der Waals surface area contributed by atoms with E-state index in [2.05, 4.69) is 51.0 Å². The van der Waals surface area contributed by atoms with Gasteiger partial charge in [-0.15, -0.1) is 15.3 Å². The number of hydrogen-bond donors (Lipinski definition) is 2. The van der Waals surface area contributed by atoms with Crippen LogP contribution < -0.4 is 9.64 Å². The summed E-state index contributed by atoms with van der Waals surface area (Å²) in [5.41, 5.74) is 2.74. The van der Waals surface area contributed by atoms with E-state index in [-0.39, 0.29) is 16.8 Å². The second kappa shape index (κ2) is 9.01. The number of hydrogen-bond acceptors (Lipinski definition) is 9. The number of rotatable bonds is 6. The zero-order chi connectivity index (χ0) is 25.7. The van der Waals surface area contributed by atoms with Gasteiger partial charge in [0.05, 0.1) is 19.0 Å². The SMILES string of the molecule is COc1cc(-c2ccc(-c3ccc(N(C)C4C[C@]5(C)CC[C@](C)(C4)N5B(C)O)nn3)c(O)c2)cnn1. The summed E-state index contributed by atoms with van der Waals surface area (Å²) in [5, 5.41) is 38.0. The Hall–Kier alpha value is -3.24. The molecule has 5 rings (SSSR count). The molecule has 2 fully saturated rings. The van der Waals surface area contributed by atoms with E-state index in [0.29, 0.717) is 23.2 Å². The second-order valence-corrected chi connectivity index (χ2v) is 10.7. The molecule has 3 atom stereocenters. The minimum Gasteiger partial charge on any atom is -0.507 e. The van der Waals surface area contributed by atoms with Gasteiger partial charge in [0.25, 0.3) is 0 Å². The molecular weight excluding hydrogens is 455 g/mol. The molecule has 4 heterocycles. The fraction of sp³-hybridized carbons (Fsp3) is 0.462. The van der Waals surface area contributed by atoms with E-state index in [4.69, 9.17) is 4.74 Å². The molecule has 0 amide bonds. The lowest BCUT2D eigenvalue weighted by molar-refractivity contribution is 0.0654. The Morgan fingerprint density at radius 3 is 2.33 bits per heavy atom. The van der Waals surface area contributed by atoms with Crippen LogP contribution in [0.25, 0.3) is 22.4 Å². The minimum atomic E-state index is -0.455. The first-order valence-electron chi connectivity index (χ1n) is 12.4. The molecule has 1 aromatic carbocycles. The zero-order valence-corrected chi connectivity index (χ0v) is 21.5. The van der Waals surface area contributed by atoms with Crippen molar-refractivity contribution in [3.8, 4) is 34.0 Å². The van der Waals surface area contributed by atoms with Crippen molar-refractivity contribution < 1.29 is 14.9 Å². The molecule has 0 radical (unpaired) electrons. The van der Waals surface area contributed by atoms with E-state index >= 15 is 0 Å². The van der Waals surface area contributed by atoms with Crippen molar-refractivity contribution in [1.29, 1.82) is 0 Å². The molecule has 10 heteroatoms. The maximum atomic E-state index is 10.7. The predicted molar refractivity (Wildman–Crippen MR) is 140 cm³/mol. The topological polar surface area (TPSA) is 108 Å². The lowest BCUT2D eigenvalue weighted by Gasteiger charge is -2.53. The number of aromatic nitrogens is 4. The molecule has 2 aliphatic heterocycles. The van der Waals surface area contributed by atoms with E-state index in [1.165, 1.54) is 7.11 Å². The van der Waals surface area contributed by atoms with Crippen molar-refractivity contribution in [2.24, 2.45) is 0 Å². The number of methoxy groups -OCH3 is 1. The molecule has 2 N–H and O–H groups in total. The number of anilines is 1. The number of fused-ring (bicyclic) bond motifs is 2. The molecule has 0 saturated carbocycles. The number of piperidine rings is 1. The first-order chi connectivity index (χ1) is 17.1. The Morgan fingerprint density at radius 1 is 1.03 bits per heavy atom. The maximum Gasteiger partial charge on any atom is 0.377 e. The molecule has 1 unspecified atom stereocenters. The summed E-state index contributed by atoms with van der Waals surface area (Å²) in [5.74, 6) is 1.32. The summed E-state index contributed by atoms with van der Waals surface area (Å²) in [6.45, 7) is 6.41. The lowest BCUT2D eigenvalue weighted by atomic mass is 9.70. The fourth-order valence-corrected chi connectivity index (χ4v) is 6.47. The molecule has 36 heavy (non-hydrogen) atoms. The van der Waals surface area contributed by atoms with Gasteiger partial charge in [-0.05, 0) is 76.2 Å². The number of phenolic OH excluding ortho intramolecular Hbond substituents is 1. The summed E-state index contributed by atoms with van der Waals surface area (Å²) in [4.78, 5) is 4.52. The largest absolute Gasteiger partial charge is 0.507 e. The summed E-state index contributed by atoms with van der Waals surface area (Å²) >= 11 is 0. The number of nitrogens with zero attached hydrogens (tertiary/aromatic N) is 6. The van der Waals surface area contributed by atoms with Gasteiger partial charge in [0.2, 0.25) is 5.88 Å². The Morgan fingerprint density at radius 2 is 1.75 bits per heavy atom. The van der Waals surface area contributed by atoms with Crippen molar-refractivity contribution in [3.63, 3.8) is 0 Å². The molecule has 2 saturated heterocycles. The summed E-state index contributed by atoms with van der Waals surface area (Å²) in [7, 11) is 3.16. The first-order valence-corrected chi connectivity index (χ1v) is 12.4. The van der Waals surface area contributed by atoms with Gasteiger partial charge in [-0.3, -0.25) is 0 Å². The van der Waals surface area contributed by atoms with Crippen LogP contribution in [0.2, 0.25) is 6.82 Å². The number of benzene rings is 1. The Balaban J connectivity index is 1.34. The monoisotopic (exact) mass is 488 g/mol. The molecule has 9 nitrogen and oxygen atoms in total. The van der Waals surface area contributed by atoms with Gasteiger partial charge in [-0.1, -0.05) is 6.07 Å². The van der Waals surface area contributed by atoms with E-state index in [9.17, 15) is 10.1 Å². The van der Waals surface area contributed by atoms with Gasteiger partial charge in [-0.25, -0.2) is 0 Å². The van der Waals surface area contributed by atoms with Crippen LogP contribution in [0.4, 0.5) is 5.82 Å². The Kier molecular flexibility index (Phi) is 6.12. The van der Waals surface area contributed by atoms with E-state index < -0.39 is 7.05 Å². The first kappa shape index (κ1) is 24.5. The van der Waals surface area contributed by atoms with Gasteiger partial charge >= 0.3 is 7.05 Å². The summed E-state index contributed by atoms with van der Waals surface area (Å²) < 4.78 is 5.14. The van der Waals surface area contributed by atoms with Crippen LogP contribution >= 0.6 is 0 Å². The standard InChI is InChI=1S/C26H33BN6O3/c1-25-10-11-26(2,33(25)27(3)35)15-19(14-25)32(4)23-9-8-21(29-30-23)20-7-6-17(12-22(20)34)18-13-24(36-5)31-28-16-18/h6-9,12-13,16,19,34-35H,10-11,14-15H2,1-5H3/t19?,25-,26+. The highest BCUT2D eigenvalue weighted by molar-refractivity contribution is 6.45. The van der Waals surface area contributed by atoms with Gasteiger partial charge in [0.15, 0.2) is 5.82 Å². The van der Waals surface area contributed by atoms with Gasteiger partial charge < -0.3 is 24.6 Å². The lowest BCUT2D eigenvalue weighted by Crippen LogP contribution is -2.65. The predicted octanol–water partition coefficient (Wildman–Crippen LogP) is 3.64. The van der Waals surface area contributed by atoms with Crippen LogP contribution in [0.15, 0.2) is 42.6 Å². The number of phenols is 1. The van der Waals surface area contributed by atoms with E-state index in [1.54, 1.807) is 18.3 Å². The Labute approximate surface area is 212 Å². The van der Waals surface area contributed by atoms with E-state index in [0.717, 1.165) is 42.6 Å². The van der Waals surface area contributed by atoms with Gasteiger partial charge in [0.1, 0.15) is 5.75 Å². The highest BCUT2D eigenvalue weighted by Crippen LogP contribution is 2.51. The third-order valence-electron chi connectivity index (χ3n) is 8.10. The maximum absolute atomic E-state index is 10.7. The van der Waals surface area contributed by atoms with E-state index in [1.807, 2.05) is 31.1 Å². The average Bonchev–Trinajstić information content (AvgIpc) is 3.04. The van der Waals surface area contributed by atoms with Gasteiger partial charge in [0, 0.05) is 41.4 Å². The van der Waals surface area contributed by atoms with Crippen molar-refractivity contribution in [2.45, 2.75) is 63.5 Å². The molecule has 3 aromatic rings. The number of ether oxygens (including phenoxy) is 1. The molecule has 0 spiro atoms. The van der Waals surface area contributed by atoms with Crippen molar-refractivity contribution in [1.82, 2.24) is 25.2 Å². The van der Waals surface area contributed by atoms with Crippen molar-refractivity contribution in [3.05, 3.63) is 42.6 Å². The van der Waals surface area contributed by atoms with Crippen LogP contribution in [0.3, 0.4) is 0 Å². The fourth-order valence-electron chi connectivity index (χ4n) is 6.47. The third kappa shape index (κ3) is 4.18. The highest BCUT2D eigenvalue weighted by atomic mass is 16.5. The molecule has 2 aliphatic rings. The average molecular weight is 488 g/mol. The molecule has 0 aliphatic carbocycles. The zero-order valence-electron chi connectivity index (χ0n) is 21.5. The molecular formula is C26H33BN6O3. The Bertz CT molecular complexity index is 1240. The van der Waals surface area contributed by atoms with Gasteiger partial charge in [-0.2, -0.15) is 5.10 Å². The normalized spacial score (nSPS) is 25.6. The van der Waals surface area contributed by atoms with Crippen LogP contribution in [0, 0.1) is 0 Å². The van der Waals surface area contributed by atoms with Crippen LogP contribution in [-0.2, 0) is 0 Å². The van der Waals surface area contributed by atoms with Crippen molar-refractivity contribution >= 4 is 12.9 Å². The van der Waals surface area contributed by atoms with Crippen LogP contribution in [0.5, 0.6) is 11.6 Å². The summed E-state index contributed by atoms with van der Waals surface area (Å²) in [6, 6.07) is 11.3. The molecule has 188 valence electrons. The van der Waals surface area contributed by atoms with Crippen LogP contribution in [-0.4, -0.2) is 73.7 Å². The highest BCUT2D eigenvalue weighted by Gasteiger charge is 2.57. The number of aromatic hydroxyl groups is 1. The molecule has 2 bridgehead atoms. The van der Waals surface area contributed by atoms with Crippen LogP contribution in [0.1, 0.15) is 39.5 Å².